The van der Waals surface area contributed by atoms with E-state index in [0.29, 0.717) is 13.1 Å². The Morgan fingerprint density at radius 3 is 2.88 bits per heavy atom. The molecule has 0 bridgehead atoms. The maximum atomic E-state index is 11.9. The van der Waals surface area contributed by atoms with Crippen LogP contribution in [0.15, 0.2) is 5.38 Å². The number of carbonyl (C=O) groups is 1. The van der Waals surface area contributed by atoms with E-state index < -0.39 is 0 Å². The van der Waals surface area contributed by atoms with Crippen molar-refractivity contribution >= 4 is 17.2 Å². The number of nitrogens with two attached hydrogens (primary N) is 1. The minimum absolute atomic E-state index is 0.0897. The highest BCUT2D eigenvalue weighted by Gasteiger charge is 2.42. The normalized spacial score (nSPS) is 17.9. The van der Waals surface area contributed by atoms with Gasteiger partial charge in [0.05, 0.1) is 22.7 Å². The summed E-state index contributed by atoms with van der Waals surface area (Å²) in [5.74, 6) is 0.0897. The first-order chi connectivity index (χ1) is 7.66. The molecule has 1 aromatic heterocycles. The summed E-state index contributed by atoms with van der Waals surface area (Å²) < 4.78 is 0. The van der Waals surface area contributed by atoms with Crippen LogP contribution in [-0.4, -0.2) is 17.4 Å². The molecule has 88 valence electrons. The van der Waals surface area contributed by atoms with Crippen molar-refractivity contribution < 1.29 is 4.79 Å². The number of aromatic nitrogens is 1. The van der Waals surface area contributed by atoms with Crippen molar-refractivity contribution in [2.45, 2.75) is 32.7 Å². The van der Waals surface area contributed by atoms with Gasteiger partial charge in [0, 0.05) is 11.9 Å². The van der Waals surface area contributed by atoms with E-state index in [-0.39, 0.29) is 11.3 Å². The molecule has 5 heteroatoms. The quantitative estimate of drug-likeness (QED) is 0.829. The molecule has 3 N–H and O–H groups in total. The van der Waals surface area contributed by atoms with Crippen LogP contribution in [0.25, 0.3) is 0 Å². The molecule has 0 aliphatic heterocycles. The monoisotopic (exact) mass is 239 g/mol. The summed E-state index contributed by atoms with van der Waals surface area (Å²) in [5, 5.41) is 5.94. The number of thiazole rings is 1. The lowest BCUT2D eigenvalue weighted by Gasteiger charge is -2.39. The number of rotatable bonds is 4. The Morgan fingerprint density at radius 1 is 1.69 bits per heavy atom. The van der Waals surface area contributed by atoms with Gasteiger partial charge in [0.1, 0.15) is 0 Å². The summed E-state index contributed by atoms with van der Waals surface area (Å²) in [4.78, 5) is 16.2. The second-order valence-electron chi connectivity index (χ2n) is 4.38. The van der Waals surface area contributed by atoms with Crippen molar-refractivity contribution in [1.82, 2.24) is 10.3 Å². The van der Waals surface area contributed by atoms with Gasteiger partial charge in [0.2, 0.25) is 5.91 Å². The summed E-state index contributed by atoms with van der Waals surface area (Å²) in [6.45, 7) is 2.93. The van der Waals surface area contributed by atoms with Gasteiger partial charge in [0.25, 0.3) is 0 Å². The SMILES string of the molecule is Cc1nc(CNC(=O)C2(CN)CCC2)cs1. The van der Waals surface area contributed by atoms with Crippen molar-refractivity contribution in [2.75, 3.05) is 6.54 Å². The van der Waals surface area contributed by atoms with Crippen LogP contribution in [0, 0.1) is 12.3 Å². The van der Waals surface area contributed by atoms with Crippen molar-refractivity contribution in [2.24, 2.45) is 11.1 Å². The molecular weight excluding hydrogens is 222 g/mol. The largest absolute Gasteiger partial charge is 0.350 e. The van der Waals surface area contributed by atoms with E-state index in [4.69, 9.17) is 5.73 Å². The van der Waals surface area contributed by atoms with Crippen molar-refractivity contribution in [3.8, 4) is 0 Å². The molecule has 1 amide bonds. The lowest BCUT2D eigenvalue weighted by molar-refractivity contribution is -0.135. The number of amides is 1. The topological polar surface area (TPSA) is 68.0 Å². The summed E-state index contributed by atoms with van der Waals surface area (Å²) >= 11 is 1.60. The van der Waals surface area contributed by atoms with Crippen molar-refractivity contribution in [3.05, 3.63) is 16.1 Å². The van der Waals surface area contributed by atoms with E-state index in [1.807, 2.05) is 12.3 Å². The van der Waals surface area contributed by atoms with Gasteiger partial charge in [-0.1, -0.05) is 6.42 Å². The third-order valence-electron chi connectivity index (χ3n) is 3.28. The van der Waals surface area contributed by atoms with Crippen LogP contribution in [0.3, 0.4) is 0 Å². The summed E-state index contributed by atoms with van der Waals surface area (Å²) in [6, 6.07) is 0. The van der Waals surface area contributed by atoms with Crippen LogP contribution in [0.1, 0.15) is 30.0 Å². The number of nitrogens with zero attached hydrogens (tertiary/aromatic N) is 1. The molecule has 2 rings (SSSR count). The average Bonchev–Trinajstić information content (AvgIpc) is 2.60. The maximum Gasteiger partial charge on any atom is 0.227 e. The molecule has 16 heavy (non-hydrogen) atoms. The van der Waals surface area contributed by atoms with Crippen LogP contribution in [-0.2, 0) is 11.3 Å². The van der Waals surface area contributed by atoms with E-state index in [0.717, 1.165) is 30.0 Å². The van der Waals surface area contributed by atoms with E-state index >= 15 is 0 Å². The van der Waals surface area contributed by atoms with Crippen LogP contribution in [0.5, 0.6) is 0 Å². The number of hydrogen-bond acceptors (Lipinski definition) is 4. The Balaban J connectivity index is 1.88. The zero-order valence-electron chi connectivity index (χ0n) is 9.45. The molecule has 0 atom stereocenters. The Kier molecular flexibility index (Phi) is 3.25. The van der Waals surface area contributed by atoms with E-state index in [9.17, 15) is 4.79 Å². The van der Waals surface area contributed by atoms with Crippen molar-refractivity contribution in [1.29, 1.82) is 0 Å². The van der Waals surface area contributed by atoms with Gasteiger partial charge in [-0.3, -0.25) is 4.79 Å². The second kappa shape index (κ2) is 4.51. The first-order valence-electron chi connectivity index (χ1n) is 5.56. The molecule has 1 aliphatic carbocycles. The summed E-state index contributed by atoms with van der Waals surface area (Å²) in [7, 11) is 0. The molecular formula is C11H17N3OS. The van der Waals surface area contributed by atoms with Crippen LogP contribution >= 0.6 is 11.3 Å². The number of nitrogens with one attached hydrogen (secondary N) is 1. The molecule has 1 heterocycles. The first kappa shape index (κ1) is 11.5. The number of hydrogen-bond donors (Lipinski definition) is 2. The fourth-order valence-electron chi connectivity index (χ4n) is 1.98. The lowest BCUT2D eigenvalue weighted by atomic mass is 9.68. The standard InChI is InChI=1S/C11H17N3OS/c1-8-14-9(6-16-8)5-13-10(15)11(7-12)3-2-4-11/h6H,2-5,7,12H2,1H3,(H,13,15). The summed E-state index contributed by atoms with van der Waals surface area (Å²) in [6.07, 6.45) is 2.96. The highest BCUT2D eigenvalue weighted by atomic mass is 32.1. The fraction of sp³-hybridized carbons (Fsp3) is 0.636. The van der Waals surface area contributed by atoms with Crippen molar-refractivity contribution in [3.63, 3.8) is 0 Å². The molecule has 1 aromatic rings. The molecule has 0 aromatic carbocycles. The van der Waals surface area contributed by atoms with Gasteiger partial charge in [-0.15, -0.1) is 11.3 Å². The summed E-state index contributed by atoms with van der Waals surface area (Å²) in [5.41, 5.74) is 6.31. The molecule has 0 spiro atoms. The average molecular weight is 239 g/mol. The molecule has 1 saturated carbocycles. The minimum atomic E-state index is -0.287. The van der Waals surface area contributed by atoms with E-state index in [1.54, 1.807) is 11.3 Å². The van der Waals surface area contributed by atoms with Gasteiger partial charge in [0.15, 0.2) is 0 Å². The third kappa shape index (κ3) is 2.10. The number of aryl methyl sites for hydroxylation is 1. The van der Waals surface area contributed by atoms with Gasteiger partial charge in [-0.05, 0) is 19.8 Å². The Bertz CT molecular complexity index is 379. The Labute approximate surface area is 99.3 Å². The fourth-order valence-corrected chi connectivity index (χ4v) is 2.59. The van der Waals surface area contributed by atoms with Crippen LogP contribution in [0.4, 0.5) is 0 Å². The smallest absolute Gasteiger partial charge is 0.227 e. The minimum Gasteiger partial charge on any atom is -0.350 e. The van der Waals surface area contributed by atoms with Crippen LogP contribution in [0.2, 0.25) is 0 Å². The zero-order valence-corrected chi connectivity index (χ0v) is 10.3. The molecule has 0 saturated heterocycles. The van der Waals surface area contributed by atoms with Gasteiger partial charge in [-0.25, -0.2) is 4.98 Å². The molecule has 0 radical (unpaired) electrons. The Morgan fingerprint density at radius 2 is 2.44 bits per heavy atom. The van der Waals surface area contributed by atoms with Gasteiger partial charge in [-0.2, -0.15) is 0 Å². The zero-order chi connectivity index (χ0) is 11.6. The molecule has 1 fully saturated rings. The molecule has 1 aliphatic rings. The molecule has 4 nitrogen and oxygen atoms in total. The Hall–Kier alpha value is -0.940. The van der Waals surface area contributed by atoms with E-state index in [1.165, 1.54) is 0 Å². The predicted molar refractivity (Wildman–Crippen MR) is 64.0 cm³/mol. The van der Waals surface area contributed by atoms with E-state index in [2.05, 4.69) is 10.3 Å². The highest BCUT2D eigenvalue weighted by molar-refractivity contribution is 7.09. The lowest BCUT2D eigenvalue weighted by Crippen LogP contribution is -2.50. The maximum absolute atomic E-state index is 11.9. The highest BCUT2D eigenvalue weighted by Crippen LogP contribution is 2.39. The predicted octanol–water partition coefficient (Wildman–Crippen LogP) is 1.20. The van der Waals surface area contributed by atoms with Gasteiger partial charge < -0.3 is 11.1 Å². The van der Waals surface area contributed by atoms with Crippen LogP contribution < -0.4 is 11.1 Å². The van der Waals surface area contributed by atoms with Gasteiger partial charge >= 0.3 is 0 Å². The third-order valence-corrected chi connectivity index (χ3v) is 4.10. The second-order valence-corrected chi connectivity index (χ2v) is 5.44. The molecule has 0 unspecified atom stereocenters. The number of carbonyl (C=O) groups excluding carboxylic acids is 1. The first-order valence-corrected chi connectivity index (χ1v) is 6.44.